The van der Waals surface area contributed by atoms with Crippen molar-refractivity contribution in [1.82, 2.24) is 4.90 Å². The van der Waals surface area contributed by atoms with Gasteiger partial charge in [0.05, 0.1) is 12.2 Å². The topological polar surface area (TPSA) is 12.5 Å². The highest BCUT2D eigenvalue weighted by Gasteiger charge is 2.26. The van der Waals surface area contributed by atoms with E-state index in [0.29, 0.717) is 0 Å². The highest BCUT2D eigenvalue weighted by molar-refractivity contribution is 7.99. The number of thioether (sulfide) groups is 1. The molecule has 0 saturated carbocycles. The molecule has 1 aromatic carbocycles. The van der Waals surface area contributed by atoms with Crippen LogP contribution in [0.4, 0.5) is 0 Å². The Labute approximate surface area is 119 Å². The molecule has 1 saturated heterocycles. The number of benzene rings is 1. The van der Waals surface area contributed by atoms with Crippen molar-refractivity contribution in [2.24, 2.45) is 0 Å². The maximum Gasteiger partial charge on any atom is 0.0753 e. The Kier molecular flexibility index (Phi) is 4.96. The van der Waals surface area contributed by atoms with Gasteiger partial charge in [-0.3, -0.25) is 4.90 Å². The molecule has 0 amide bonds. The Morgan fingerprint density at radius 2 is 2.06 bits per heavy atom. The fourth-order valence-electron chi connectivity index (χ4n) is 2.13. The Bertz CT molecular complexity index is 380. The average molecular weight is 286 g/mol. The van der Waals surface area contributed by atoms with E-state index in [0.717, 1.165) is 37.0 Å². The van der Waals surface area contributed by atoms with Crippen LogP contribution in [0.25, 0.3) is 0 Å². The molecule has 1 aliphatic rings. The maximum atomic E-state index is 5.87. The van der Waals surface area contributed by atoms with E-state index in [-0.39, 0.29) is 5.60 Å². The summed E-state index contributed by atoms with van der Waals surface area (Å²) in [7, 11) is 0. The van der Waals surface area contributed by atoms with Gasteiger partial charge in [-0.2, -0.15) is 0 Å². The molecule has 2 rings (SSSR count). The van der Waals surface area contributed by atoms with Crippen LogP contribution in [0.5, 0.6) is 0 Å². The molecule has 1 fully saturated rings. The third kappa shape index (κ3) is 4.47. The lowest BCUT2D eigenvalue weighted by Crippen LogP contribution is -2.48. The Balaban J connectivity index is 1.73. The number of morpholine rings is 1. The first-order valence-corrected chi connectivity index (χ1v) is 7.66. The molecule has 0 aromatic heterocycles. The Hall–Kier alpha value is -0.220. The van der Waals surface area contributed by atoms with E-state index in [2.05, 4.69) is 30.9 Å². The average Bonchev–Trinajstić information content (AvgIpc) is 2.30. The predicted molar refractivity (Wildman–Crippen MR) is 78.6 cm³/mol. The van der Waals surface area contributed by atoms with Crippen LogP contribution in [0.2, 0.25) is 5.02 Å². The summed E-state index contributed by atoms with van der Waals surface area (Å²) >= 11 is 7.75. The normalized spacial score (nSPS) is 19.9. The number of rotatable bonds is 4. The molecule has 4 heteroatoms. The summed E-state index contributed by atoms with van der Waals surface area (Å²) in [6.45, 7) is 8.34. The molecular formula is C14H20ClNOS. The van der Waals surface area contributed by atoms with Gasteiger partial charge in [0.15, 0.2) is 0 Å². The summed E-state index contributed by atoms with van der Waals surface area (Å²) in [6, 6.07) is 8.05. The van der Waals surface area contributed by atoms with Crippen LogP contribution in [0.15, 0.2) is 29.2 Å². The zero-order chi connectivity index (χ0) is 13.0. The SMILES string of the molecule is CC1(C)CN(CCSc2ccc(Cl)cc2)CCO1. The van der Waals surface area contributed by atoms with Gasteiger partial charge in [-0.05, 0) is 38.1 Å². The second-order valence-corrected chi connectivity index (χ2v) is 6.79. The lowest BCUT2D eigenvalue weighted by Gasteiger charge is -2.38. The molecule has 18 heavy (non-hydrogen) atoms. The molecule has 0 N–H and O–H groups in total. The minimum atomic E-state index is 0.00316. The van der Waals surface area contributed by atoms with Crippen molar-refractivity contribution in [2.75, 3.05) is 32.0 Å². The number of hydrogen-bond donors (Lipinski definition) is 0. The van der Waals surface area contributed by atoms with Crippen molar-refractivity contribution in [3.63, 3.8) is 0 Å². The molecule has 0 unspecified atom stereocenters. The van der Waals surface area contributed by atoms with Gasteiger partial charge >= 0.3 is 0 Å². The highest BCUT2D eigenvalue weighted by atomic mass is 35.5. The summed E-state index contributed by atoms with van der Waals surface area (Å²) in [5.74, 6) is 1.11. The highest BCUT2D eigenvalue weighted by Crippen LogP contribution is 2.21. The number of ether oxygens (including phenoxy) is 1. The minimum Gasteiger partial charge on any atom is -0.373 e. The first-order valence-electron chi connectivity index (χ1n) is 6.30. The quantitative estimate of drug-likeness (QED) is 0.785. The molecule has 0 spiro atoms. The molecule has 1 aliphatic heterocycles. The zero-order valence-corrected chi connectivity index (χ0v) is 12.6. The zero-order valence-electron chi connectivity index (χ0n) is 11.0. The van der Waals surface area contributed by atoms with Gasteiger partial charge < -0.3 is 4.74 Å². The van der Waals surface area contributed by atoms with Crippen molar-refractivity contribution >= 4 is 23.4 Å². The van der Waals surface area contributed by atoms with Gasteiger partial charge in [-0.15, -0.1) is 11.8 Å². The van der Waals surface area contributed by atoms with Crippen molar-refractivity contribution in [2.45, 2.75) is 24.3 Å². The first kappa shape index (κ1) is 14.2. The molecule has 0 bridgehead atoms. The van der Waals surface area contributed by atoms with Crippen LogP contribution in [0.1, 0.15) is 13.8 Å². The van der Waals surface area contributed by atoms with Gasteiger partial charge in [0.2, 0.25) is 0 Å². The summed E-state index contributed by atoms with van der Waals surface area (Å²) < 4.78 is 5.71. The minimum absolute atomic E-state index is 0.00316. The second-order valence-electron chi connectivity index (χ2n) is 5.19. The van der Waals surface area contributed by atoms with Gasteiger partial charge in [-0.1, -0.05) is 11.6 Å². The molecular weight excluding hydrogens is 266 g/mol. The van der Waals surface area contributed by atoms with Crippen molar-refractivity contribution in [3.05, 3.63) is 29.3 Å². The van der Waals surface area contributed by atoms with Crippen molar-refractivity contribution in [1.29, 1.82) is 0 Å². The fraction of sp³-hybridized carbons (Fsp3) is 0.571. The van der Waals surface area contributed by atoms with Gasteiger partial charge in [0, 0.05) is 35.3 Å². The second kappa shape index (κ2) is 6.29. The predicted octanol–water partition coefficient (Wildman–Crippen LogP) is 3.54. The number of hydrogen-bond acceptors (Lipinski definition) is 3. The Morgan fingerprint density at radius 1 is 1.33 bits per heavy atom. The van der Waals surface area contributed by atoms with Crippen LogP contribution < -0.4 is 0 Å². The van der Waals surface area contributed by atoms with Crippen molar-refractivity contribution in [3.8, 4) is 0 Å². The fourth-order valence-corrected chi connectivity index (χ4v) is 3.17. The van der Waals surface area contributed by atoms with Gasteiger partial charge in [0.1, 0.15) is 0 Å². The van der Waals surface area contributed by atoms with E-state index >= 15 is 0 Å². The van der Waals surface area contributed by atoms with Gasteiger partial charge in [-0.25, -0.2) is 0 Å². The number of nitrogens with zero attached hydrogens (tertiary/aromatic N) is 1. The smallest absolute Gasteiger partial charge is 0.0753 e. The lowest BCUT2D eigenvalue weighted by atomic mass is 10.1. The molecule has 0 radical (unpaired) electrons. The van der Waals surface area contributed by atoms with Crippen molar-refractivity contribution < 1.29 is 4.74 Å². The van der Waals surface area contributed by atoms with Crippen LogP contribution in [-0.2, 0) is 4.74 Å². The van der Waals surface area contributed by atoms with Crippen LogP contribution in [-0.4, -0.2) is 42.5 Å². The summed E-state index contributed by atoms with van der Waals surface area (Å²) in [4.78, 5) is 3.76. The van der Waals surface area contributed by atoms with Crippen LogP contribution in [0.3, 0.4) is 0 Å². The largest absolute Gasteiger partial charge is 0.373 e. The first-order chi connectivity index (χ1) is 8.55. The monoisotopic (exact) mass is 285 g/mol. The van der Waals surface area contributed by atoms with Crippen LogP contribution >= 0.6 is 23.4 Å². The van der Waals surface area contributed by atoms with Crippen LogP contribution in [0, 0.1) is 0 Å². The molecule has 1 heterocycles. The summed E-state index contributed by atoms with van der Waals surface area (Å²) in [5.41, 5.74) is 0.00316. The third-order valence-electron chi connectivity index (χ3n) is 2.99. The molecule has 0 atom stereocenters. The standard InChI is InChI=1S/C14H20ClNOS/c1-14(2)11-16(7-9-17-14)8-10-18-13-5-3-12(15)4-6-13/h3-6H,7-11H2,1-2H3. The van der Waals surface area contributed by atoms with Gasteiger partial charge in [0.25, 0.3) is 0 Å². The third-order valence-corrected chi connectivity index (χ3v) is 4.24. The summed E-state index contributed by atoms with van der Waals surface area (Å²) in [6.07, 6.45) is 0. The molecule has 0 aliphatic carbocycles. The molecule has 100 valence electrons. The van der Waals surface area contributed by atoms with E-state index in [1.807, 2.05) is 23.9 Å². The van der Waals surface area contributed by atoms with E-state index in [1.54, 1.807) is 0 Å². The summed E-state index contributed by atoms with van der Waals surface area (Å²) in [5, 5.41) is 0.800. The van der Waals surface area contributed by atoms with E-state index in [1.165, 1.54) is 4.90 Å². The molecule has 1 aromatic rings. The van der Waals surface area contributed by atoms with E-state index in [4.69, 9.17) is 16.3 Å². The number of halogens is 1. The van der Waals surface area contributed by atoms with E-state index in [9.17, 15) is 0 Å². The Morgan fingerprint density at radius 3 is 2.72 bits per heavy atom. The van der Waals surface area contributed by atoms with E-state index < -0.39 is 0 Å². The maximum absolute atomic E-state index is 5.87. The lowest BCUT2D eigenvalue weighted by molar-refractivity contribution is -0.0842. The molecule has 2 nitrogen and oxygen atoms in total.